The number of fused-ring (bicyclic) bond motifs is 1. The molecule has 1 N–H and O–H groups in total. The molecule has 0 bridgehead atoms. The van der Waals surface area contributed by atoms with Crippen molar-refractivity contribution < 1.29 is 9.50 Å². The van der Waals surface area contributed by atoms with E-state index < -0.39 is 5.95 Å². The van der Waals surface area contributed by atoms with Crippen molar-refractivity contribution in [1.82, 2.24) is 9.61 Å². The first-order chi connectivity index (χ1) is 5.81. The summed E-state index contributed by atoms with van der Waals surface area (Å²) in [4.78, 5) is 0. The molecule has 4 heteroatoms. The summed E-state index contributed by atoms with van der Waals surface area (Å²) in [6, 6.07) is 6.30. The van der Waals surface area contributed by atoms with Gasteiger partial charge in [-0.05, 0) is 18.2 Å². The zero-order valence-corrected chi connectivity index (χ0v) is 6.24. The Balaban J connectivity index is 2.74. The van der Waals surface area contributed by atoms with Crippen molar-refractivity contribution in [2.45, 2.75) is 6.61 Å². The number of aliphatic hydroxyl groups is 1. The fourth-order valence-corrected chi connectivity index (χ4v) is 1.11. The zero-order chi connectivity index (χ0) is 8.55. The molecule has 12 heavy (non-hydrogen) atoms. The first-order valence-corrected chi connectivity index (χ1v) is 3.55. The Morgan fingerprint density at radius 1 is 1.50 bits per heavy atom. The summed E-state index contributed by atoms with van der Waals surface area (Å²) in [5.41, 5.74) is 1.12. The minimum absolute atomic E-state index is 0.166. The average Bonchev–Trinajstić information content (AvgIpc) is 2.49. The van der Waals surface area contributed by atoms with Crippen LogP contribution in [0, 0.1) is 5.95 Å². The highest BCUT2D eigenvalue weighted by Crippen LogP contribution is 2.08. The quantitative estimate of drug-likeness (QED) is 0.641. The molecule has 0 spiro atoms. The summed E-state index contributed by atoms with van der Waals surface area (Å²) in [5.74, 6) is -0.424. The molecule has 0 saturated carbocycles. The van der Waals surface area contributed by atoms with Crippen molar-refractivity contribution in [3.8, 4) is 0 Å². The second-order valence-electron chi connectivity index (χ2n) is 2.48. The molecule has 2 heterocycles. The summed E-state index contributed by atoms with van der Waals surface area (Å²) >= 11 is 0. The van der Waals surface area contributed by atoms with Gasteiger partial charge >= 0.3 is 0 Å². The minimum Gasteiger partial charge on any atom is -0.390 e. The first-order valence-electron chi connectivity index (χ1n) is 3.55. The predicted octanol–water partition coefficient (Wildman–Crippen LogP) is 0.966. The third-order valence-corrected chi connectivity index (χ3v) is 1.65. The van der Waals surface area contributed by atoms with Gasteiger partial charge in [-0.1, -0.05) is 6.07 Å². The normalized spacial score (nSPS) is 10.8. The molecule has 2 aromatic rings. The molecule has 0 aromatic carbocycles. The Morgan fingerprint density at radius 3 is 3.00 bits per heavy atom. The minimum atomic E-state index is -0.424. The van der Waals surface area contributed by atoms with E-state index in [2.05, 4.69) is 5.10 Å². The molecule has 2 aromatic heterocycles. The smallest absolute Gasteiger partial charge is 0.214 e. The lowest BCUT2D eigenvalue weighted by Gasteiger charge is -1.91. The van der Waals surface area contributed by atoms with Gasteiger partial charge in [-0.15, -0.1) is 0 Å². The summed E-state index contributed by atoms with van der Waals surface area (Å²) in [7, 11) is 0. The maximum absolute atomic E-state index is 13.0. The third-order valence-electron chi connectivity index (χ3n) is 1.65. The molecule has 0 aliphatic rings. The predicted molar refractivity (Wildman–Crippen MR) is 41.1 cm³/mol. The van der Waals surface area contributed by atoms with Crippen LogP contribution in [0.2, 0.25) is 0 Å². The summed E-state index contributed by atoms with van der Waals surface area (Å²) < 4.78 is 14.1. The van der Waals surface area contributed by atoms with Crippen molar-refractivity contribution >= 4 is 5.52 Å². The average molecular weight is 166 g/mol. The number of hydrogen-bond donors (Lipinski definition) is 1. The molecule has 2 rings (SSSR count). The van der Waals surface area contributed by atoms with E-state index in [1.165, 1.54) is 6.07 Å². The molecule has 3 nitrogen and oxygen atoms in total. The molecule has 62 valence electrons. The van der Waals surface area contributed by atoms with Crippen molar-refractivity contribution in [1.29, 1.82) is 0 Å². The fourth-order valence-electron chi connectivity index (χ4n) is 1.11. The topological polar surface area (TPSA) is 37.5 Å². The number of aliphatic hydroxyl groups excluding tert-OH is 1. The van der Waals surface area contributed by atoms with Gasteiger partial charge in [-0.2, -0.15) is 9.49 Å². The van der Waals surface area contributed by atoms with Crippen molar-refractivity contribution in [2.75, 3.05) is 0 Å². The van der Waals surface area contributed by atoms with Crippen LogP contribution in [0.25, 0.3) is 5.52 Å². The number of pyridine rings is 1. The lowest BCUT2D eigenvalue weighted by molar-refractivity contribution is 0.276. The van der Waals surface area contributed by atoms with Crippen LogP contribution < -0.4 is 0 Å². The largest absolute Gasteiger partial charge is 0.390 e. The fraction of sp³-hybridized carbons (Fsp3) is 0.125. The Labute approximate surface area is 68.1 Å². The van der Waals surface area contributed by atoms with E-state index in [4.69, 9.17) is 5.11 Å². The lowest BCUT2D eigenvalue weighted by atomic mass is 10.4. The van der Waals surface area contributed by atoms with Crippen LogP contribution in [0.15, 0.2) is 24.3 Å². The van der Waals surface area contributed by atoms with Gasteiger partial charge in [-0.3, -0.25) is 0 Å². The molecule has 0 unspecified atom stereocenters. The molecule has 0 aliphatic carbocycles. The number of hydrogen-bond acceptors (Lipinski definition) is 2. The Morgan fingerprint density at radius 2 is 2.33 bits per heavy atom. The van der Waals surface area contributed by atoms with E-state index >= 15 is 0 Å². The van der Waals surface area contributed by atoms with E-state index in [1.807, 2.05) is 0 Å². The van der Waals surface area contributed by atoms with Crippen molar-refractivity contribution in [2.24, 2.45) is 0 Å². The van der Waals surface area contributed by atoms with Gasteiger partial charge in [0.15, 0.2) is 0 Å². The standard InChI is InChI=1S/C8H7FN2O/c9-8-3-1-2-7-4-6(5-12)10-11(7)8/h1-4,12H,5H2. The van der Waals surface area contributed by atoms with Crippen LogP contribution in [0.4, 0.5) is 4.39 Å². The SMILES string of the molecule is OCc1cc2cccc(F)n2n1. The zero-order valence-electron chi connectivity index (χ0n) is 6.24. The van der Waals surface area contributed by atoms with E-state index in [9.17, 15) is 4.39 Å². The van der Waals surface area contributed by atoms with Gasteiger partial charge in [0.25, 0.3) is 0 Å². The number of aromatic nitrogens is 2. The van der Waals surface area contributed by atoms with Crippen LogP contribution in [0.3, 0.4) is 0 Å². The highest BCUT2D eigenvalue weighted by Gasteiger charge is 2.02. The maximum Gasteiger partial charge on any atom is 0.214 e. The Bertz CT molecular complexity index is 410. The highest BCUT2D eigenvalue weighted by atomic mass is 19.1. The van der Waals surface area contributed by atoms with E-state index in [-0.39, 0.29) is 6.61 Å². The summed E-state index contributed by atoms with van der Waals surface area (Å²) in [6.07, 6.45) is 0. The van der Waals surface area contributed by atoms with E-state index in [0.717, 1.165) is 4.52 Å². The molecular weight excluding hydrogens is 159 g/mol. The lowest BCUT2D eigenvalue weighted by Crippen LogP contribution is -1.93. The summed E-state index contributed by atoms with van der Waals surface area (Å²) in [5, 5.41) is 12.6. The number of rotatable bonds is 1. The van der Waals surface area contributed by atoms with Gasteiger partial charge in [-0.25, -0.2) is 4.52 Å². The molecule has 0 aliphatic heterocycles. The maximum atomic E-state index is 13.0. The second-order valence-corrected chi connectivity index (χ2v) is 2.48. The number of halogens is 1. The Hall–Kier alpha value is -1.42. The second kappa shape index (κ2) is 2.57. The Kier molecular flexibility index (Phi) is 1.55. The molecular formula is C8H7FN2O. The van der Waals surface area contributed by atoms with Gasteiger partial charge in [0, 0.05) is 0 Å². The number of nitrogens with zero attached hydrogens (tertiary/aromatic N) is 2. The van der Waals surface area contributed by atoms with Crippen LogP contribution >= 0.6 is 0 Å². The van der Waals surface area contributed by atoms with Crippen molar-refractivity contribution in [3.05, 3.63) is 35.9 Å². The molecule has 0 atom stereocenters. The van der Waals surface area contributed by atoms with Gasteiger partial charge in [0.05, 0.1) is 17.8 Å². The van der Waals surface area contributed by atoms with Crippen LogP contribution in [0.5, 0.6) is 0 Å². The first kappa shape index (κ1) is 7.24. The van der Waals surface area contributed by atoms with E-state index in [1.54, 1.807) is 18.2 Å². The van der Waals surface area contributed by atoms with Gasteiger partial charge in [0.1, 0.15) is 0 Å². The van der Waals surface area contributed by atoms with E-state index in [0.29, 0.717) is 11.2 Å². The van der Waals surface area contributed by atoms with Gasteiger partial charge in [0.2, 0.25) is 5.95 Å². The summed E-state index contributed by atoms with van der Waals surface area (Å²) in [6.45, 7) is -0.166. The monoisotopic (exact) mass is 166 g/mol. The molecule has 0 radical (unpaired) electrons. The van der Waals surface area contributed by atoms with Crippen LogP contribution in [-0.4, -0.2) is 14.7 Å². The van der Waals surface area contributed by atoms with Gasteiger partial charge < -0.3 is 5.11 Å². The van der Waals surface area contributed by atoms with Crippen LogP contribution in [-0.2, 0) is 6.61 Å². The third kappa shape index (κ3) is 0.967. The van der Waals surface area contributed by atoms with Crippen LogP contribution in [0.1, 0.15) is 5.69 Å². The highest BCUT2D eigenvalue weighted by molar-refractivity contribution is 5.47. The molecule has 0 amide bonds. The molecule has 0 saturated heterocycles. The molecule has 0 fully saturated rings. The van der Waals surface area contributed by atoms with Crippen molar-refractivity contribution in [3.63, 3.8) is 0 Å².